The number of Topliss-reactive ketones (excluding diaryl/α,β-unsaturated/α-hetero) is 1. The summed E-state index contributed by atoms with van der Waals surface area (Å²) in [6, 6.07) is 6.71. The summed E-state index contributed by atoms with van der Waals surface area (Å²) in [6.45, 7) is 4.95. The zero-order chi connectivity index (χ0) is 36.1. The van der Waals surface area contributed by atoms with Gasteiger partial charge in [0, 0.05) is 44.0 Å². The van der Waals surface area contributed by atoms with Crippen molar-refractivity contribution in [3.63, 3.8) is 0 Å². The molecule has 12 nitrogen and oxygen atoms in total. The Balaban J connectivity index is 1.19. The van der Waals surface area contributed by atoms with Crippen molar-refractivity contribution >= 4 is 50.0 Å². The maximum Gasteiger partial charge on any atom is 0.320 e. The van der Waals surface area contributed by atoms with Crippen LogP contribution in [0.25, 0.3) is 21.5 Å². The maximum absolute atomic E-state index is 14.3. The molecule has 7 rings (SSSR count). The first-order valence-electron chi connectivity index (χ1n) is 17.8. The number of nitrogens with one attached hydrogen (secondary N) is 1. The molecule has 0 unspecified atom stereocenters. The third kappa shape index (κ3) is 7.21. The first-order chi connectivity index (χ1) is 24.4. The molecule has 0 spiro atoms. The van der Waals surface area contributed by atoms with Gasteiger partial charge in [0.1, 0.15) is 22.5 Å². The average molecular weight is 737 g/mol. The molecule has 272 valence electrons. The Bertz CT molecular complexity index is 1990. The van der Waals surface area contributed by atoms with Crippen LogP contribution in [0.5, 0.6) is 11.5 Å². The number of urea groups is 1. The molecular weight excluding hydrogens is 691 g/mol. The Labute approximate surface area is 302 Å². The number of ketones is 1. The van der Waals surface area contributed by atoms with E-state index in [-0.39, 0.29) is 43.2 Å². The molecule has 3 amide bonds. The lowest BCUT2D eigenvalue weighted by atomic mass is 9.91. The number of hydrogen-bond acceptors (Lipinski definition) is 9. The highest BCUT2D eigenvalue weighted by atomic mass is 32.2. The van der Waals surface area contributed by atoms with Crippen molar-refractivity contribution in [2.45, 2.75) is 88.7 Å². The Morgan fingerprint density at radius 2 is 1.98 bits per heavy atom. The standard InChI is InChI=1S/C37H45N5O7S2/c1-23(2)41-21-34(50-22-41)30-17-33(28-13-10-25(48-4)15-29(28)38-30)49-26-16-31-32(43)19-37(35(44)39-51(46,47)27-11-12-27)18-24(37)9-7-5-6-8-14-40(3)36(45)42(31)20-26/h7,9-10,13,15,17,21-24,26-27,31H,5-6,8,11-12,14,16,18-20H2,1-4H3/p+1/b9-7-/t24-,26-,31+,37-/m1/s1. The molecule has 1 aromatic carbocycles. The van der Waals surface area contributed by atoms with Gasteiger partial charge in [-0.15, -0.1) is 0 Å². The molecule has 51 heavy (non-hydrogen) atoms. The van der Waals surface area contributed by atoms with Crippen molar-refractivity contribution in [3.05, 3.63) is 48.1 Å². The molecule has 14 heteroatoms. The Hall–Kier alpha value is -4.04. The highest BCUT2D eigenvalue weighted by Crippen LogP contribution is 2.57. The van der Waals surface area contributed by atoms with Crippen molar-refractivity contribution in [1.29, 1.82) is 0 Å². The van der Waals surface area contributed by atoms with Crippen LogP contribution in [0.15, 0.2) is 48.1 Å². The van der Waals surface area contributed by atoms with Crippen LogP contribution in [0.3, 0.4) is 0 Å². The van der Waals surface area contributed by atoms with E-state index in [9.17, 15) is 22.8 Å². The lowest BCUT2D eigenvalue weighted by Crippen LogP contribution is -2.48. The van der Waals surface area contributed by atoms with Gasteiger partial charge in [0.05, 0.1) is 41.6 Å². The summed E-state index contributed by atoms with van der Waals surface area (Å²) < 4.78 is 42.2. The van der Waals surface area contributed by atoms with Gasteiger partial charge < -0.3 is 19.3 Å². The highest BCUT2D eigenvalue weighted by molar-refractivity contribution is 7.90. The second-order valence-corrected chi connectivity index (χ2v) is 17.6. The second-order valence-electron chi connectivity index (χ2n) is 14.7. The number of allylic oxidation sites excluding steroid dienone is 2. The number of thiazole rings is 1. The quantitative estimate of drug-likeness (QED) is 0.251. The number of aromatic nitrogens is 2. The van der Waals surface area contributed by atoms with E-state index in [1.165, 1.54) is 0 Å². The molecule has 4 atom stereocenters. The largest absolute Gasteiger partial charge is 0.497 e. The van der Waals surface area contributed by atoms with Gasteiger partial charge >= 0.3 is 6.03 Å². The molecule has 2 aliphatic heterocycles. The first kappa shape index (κ1) is 35.4. The summed E-state index contributed by atoms with van der Waals surface area (Å²) in [7, 11) is -0.439. The van der Waals surface area contributed by atoms with Crippen molar-refractivity contribution in [3.8, 4) is 22.1 Å². The third-order valence-corrected chi connectivity index (χ3v) is 13.4. The normalized spacial score (nSPS) is 26.4. The van der Waals surface area contributed by atoms with Crippen LogP contribution in [0.1, 0.15) is 71.3 Å². The van der Waals surface area contributed by atoms with Gasteiger partial charge in [-0.05, 0) is 70.4 Å². The number of hydrogen-bond donors (Lipinski definition) is 1. The number of ether oxygens (including phenoxy) is 2. The molecule has 3 fully saturated rings. The van der Waals surface area contributed by atoms with Crippen molar-refractivity contribution < 1.29 is 36.8 Å². The van der Waals surface area contributed by atoms with E-state index in [0.29, 0.717) is 42.8 Å². The Morgan fingerprint density at radius 3 is 2.71 bits per heavy atom. The Morgan fingerprint density at radius 1 is 1.18 bits per heavy atom. The summed E-state index contributed by atoms with van der Waals surface area (Å²) in [6.07, 6.45) is 9.44. The van der Waals surface area contributed by atoms with E-state index in [1.807, 2.05) is 36.4 Å². The number of nitrogens with zero attached hydrogens (tertiary/aromatic N) is 4. The van der Waals surface area contributed by atoms with Gasteiger partial charge in [-0.1, -0.05) is 23.5 Å². The smallest absolute Gasteiger partial charge is 0.320 e. The van der Waals surface area contributed by atoms with Gasteiger partial charge in [0.2, 0.25) is 21.4 Å². The molecule has 1 N–H and O–H groups in total. The zero-order valence-corrected chi connectivity index (χ0v) is 31.2. The fourth-order valence-electron chi connectivity index (χ4n) is 7.26. The summed E-state index contributed by atoms with van der Waals surface area (Å²) in [5.74, 6) is 0.109. The second kappa shape index (κ2) is 13.8. The van der Waals surface area contributed by atoms with Gasteiger partial charge in [0.15, 0.2) is 18.0 Å². The molecule has 3 aromatic rings. The molecule has 1 saturated heterocycles. The van der Waals surface area contributed by atoms with E-state index in [1.54, 1.807) is 35.3 Å². The van der Waals surface area contributed by atoms with Gasteiger partial charge in [-0.25, -0.2) is 18.2 Å². The van der Waals surface area contributed by atoms with E-state index >= 15 is 0 Å². The van der Waals surface area contributed by atoms with Gasteiger partial charge in [-0.3, -0.25) is 14.3 Å². The van der Waals surface area contributed by atoms with E-state index < -0.39 is 38.7 Å². The number of carbonyl (C=O) groups excluding carboxylic acids is 3. The predicted molar refractivity (Wildman–Crippen MR) is 193 cm³/mol. The number of methoxy groups -OCH3 is 1. The van der Waals surface area contributed by atoms with Crippen molar-refractivity contribution in [2.24, 2.45) is 11.3 Å². The topological polar surface area (TPSA) is 139 Å². The lowest BCUT2D eigenvalue weighted by Gasteiger charge is -2.29. The summed E-state index contributed by atoms with van der Waals surface area (Å²) >= 11 is 1.58. The van der Waals surface area contributed by atoms with Crippen LogP contribution in [-0.4, -0.2) is 85.6 Å². The predicted octanol–water partition coefficient (Wildman–Crippen LogP) is 5.03. The van der Waals surface area contributed by atoms with E-state index in [4.69, 9.17) is 14.5 Å². The van der Waals surface area contributed by atoms with E-state index in [2.05, 4.69) is 34.8 Å². The van der Waals surface area contributed by atoms with Crippen molar-refractivity contribution in [1.82, 2.24) is 19.5 Å². The number of fused-ring (bicyclic) bond motifs is 3. The molecule has 0 radical (unpaired) electrons. The van der Waals surface area contributed by atoms with Crippen molar-refractivity contribution in [2.75, 3.05) is 27.2 Å². The fourth-order valence-corrected chi connectivity index (χ4v) is 9.59. The molecular formula is C37H46N5O7S2+. The monoisotopic (exact) mass is 736 g/mol. The minimum Gasteiger partial charge on any atom is -0.497 e. The number of sulfonamides is 1. The van der Waals surface area contributed by atoms with Crippen LogP contribution < -0.4 is 18.8 Å². The minimum atomic E-state index is -3.79. The lowest BCUT2D eigenvalue weighted by molar-refractivity contribution is -0.711. The Kier molecular flexibility index (Phi) is 9.59. The molecule has 2 saturated carbocycles. The van der Waals surface area contributed by atoms with E-state index in [0.717, 1.165) is 35.2 Å². The zero-order valence-electron chi connectivity index (χ0n) is 29.5. The first-order valence-corrected chi connectivity index (χ1v) is 20.2. The number of pyridine rings is 1. The summed E-state index contributed by atoms with van der Waals surface area (Å²) in [5.41, 5.74) is 2.32. The number of carbonyl (C=O) groups is 3. The molecule has 2 aromatic heterocycles. The van der Waals surface area contributed by atoms with Gasteiger partial charge in [-0.2, -0.15) is 4.57 Å². The van der Waals surface area contributed by atoms with Crippen LogP contribution in [-0.2, 0) is 19.6 Å². The number of amides is 3. The summed E-state index contributed by atoms with van der Waals surface area (Å²) in [5, 5.41) is 0.217. The summed E-state index contributed by atoms with van der Waals surface area (Å²) in [4.78, 5) is 51.1. The molecule has 4 heterocycles. The minimum absolute atomic E-state index is 0.157. The molecule has 2 aliphatic carbocycles. The SMILES string of the molecule is COc1ccc2c(O[C@@H]3C[C@H]4C(=O)C[C@]5(C(=O)NS(=O)(=O)C6CC6)C[C@H]5/C=C\CCCCN(C)C(=O)N4C3)cc(-c3c[n+](C(C)C)cs3)nc2c1. The number of rotatable bonds is 8. The molecule has 0 bridgehead atoms. The van der Waals surface area contributed by atoms with Crippen LogP contribution in [0, 0.1) is 11.3 Å². The molecule has 4 aliphatic rings. The highest BCUT2D eigenvalue weighted by Gasteiger charge is 2.61. The van der Waals surface area contributed by atoms with Crippen LogP contribution in [0.2, 0.25) is 0 Å². The number of benzene rings is 1. The fraction of sp³-hybridized carbons (Fsp3) is 0.541. The van der Waals surface area contributed by atoms with Crippen LogP contribution in [0.4, 0.5) is 4.79 Å². The third-order valence-electron chi connectivity index (χ3n) is 10.7. The van der Waals surface area contributed by atoms with Crippen LogP contribution >= 0.6 is 11.3 Å². The van der Waals surface area contributed by atoms with Gasteiger partial charge in [0.25, 0.3) is 0 Å². The average Bonchev–Trinajstić information content (AvgIpc) is 3.98. The maximum atomic E-state index is 14.3.